The Kier molecular flexibility index (Phi) is 6.65. The van der Waals surface area contributed by atoms with Gasteiger partial charge in [-0.15, -0.1) is 0 Å². The van der Waals surface area contributed by atoms with Crippen LogP contribution in [0, 0.1) is 0 Å². The van der Waals surface area contributed by atoms with Crippen molar-refractivity contribution in [2.75, 3.05) is 27.9 Å². The first-order valence-electron chi connectivity index (χ1n) is 8.38. The number of nitrogens with two attached hydrogens (primary N) is 1. The molecular weight excluding hydrogens is 348 g/mol. The van der Waals surface area contributed by atoms with Crippen molar-refractivity contribution in [1.82, 2.24) is 4.90 Å². The van der Waals surface area contributed by atoms with E-state index in [2.05, 4.69) is 0 Å². The zero-order valence-corrected chi connectivity index (χ0v) is 15.9. The maximum atomic E-state index is 13.0. The highest BCUT2D eigenvalue weighted by molar-refractivity contribution is 5.95. The fourth-order valence-corrected chi connectivity index (χ4v) is 2.62. The maximum Gasteiger partial charge on any atom is 0.255 e. The summed E-state index contributed by atoms with van der Waals surface area (Å²) in [6.07, 6.45) is 0. The Labute approximate surface area is 158 Å². The summed E-state index contributed by atoms with van der Waals surface area (Å²) in [5.74, 6) is -0.0615. The highest BCUT2D eigenvalue weighted by atomic mass is 16.5. The molecule has 2 aromatic carbocycles. The normalized spacial score (nSPS) is 11.4. The Hall–Kier alpha value is -3.22. The highest BCUT2D eigenvalue weighted by Gasteiger charge is 2.23. The molecule has 0 aliphatic rings. The van der Waals surface area contributed by atoms with Crippen LogP contribution in [-0.4, -0.2) is 44.6 Å². The SMILES string of the molecule is COc1cc(C(=O)N(C)[C@H](C)c2ccccc2)cc(OC)c1OCC(N)=O. The van der Waals surface area contributed by atoms with Crippen LogP contribution in [0.15, 0.2) is 42.5 Å². The number of amides is 2. The van der Waals surface area contributed by atoms with E-state index in [9.17, 15) is 9.59 Å². The molecule has 0 radical (unpaired) electrons. The Morgan fingerprint density at radius 3 is 2.11 bits per heavy atom. The van der Waals surface area contributed by atoms with E-state index in [4.69, 9.17) is 19.9 Å². The molecular formula is C20H24N2O5. The molecule has 2 aromatic rings. The average Bonchev–Trinajstić information content (AvgIpc) is 2.70. The highest BCUT2D eigenvalue weighted by Crippen LogP contribution is 2.39. The van der Waals surface area contributed by atoms with Crippen LogP contribution < -0.4 is 19.9 Å². The minimum atomic E-state index is -0.629. The Balaban J connectivity index is 2.34. The van der Waals surface area contributed by atoms with Crippen molar-refractivity contribution in [3.05, 3.63) is 53.6 Å². The van der Waals surface area contributed by atoms with E-state index in [-0.39, 0.29) is 35.8 Å². The summed E-state index contributed by atoms with van der Waals surface area (Å²) in [5, 5.41) is 0. The van der Waals surface area contributed by atoms with Crippen LogP contribution in [0.5, 0.6) is 17.2 Å². The van der Waals surface area contributed by atoms with E-state index < -0.39 is 5.91 Å². The van der Waals surface area contributed by atoms with Crippen molar-refractivity contribution in [2.45, 2.75) is 13.0 Å². The second-order valence-corrected chi connectivity index (χ2v) is 5.97. The number of hydrogen-bond acceptors (Lipinski definition) is 5. The van der Waals surface area contributed by atoms with Crippen LogP contribution in [0.4, 0.5) is 0 Å². The van der Waals surface area contributed by atoms with E-state index in [1.807, 2.05) is 37.3 Å². The largest absolute Gasteiger partial charge is 0.493 e. The van der Waals surface area contributed by atoms with Gasteiger partial charge in [0.1, 0.15) is 0 Å². The zero-order chi connectivity index (χ0) is 20.0. The van der Waals surface area contributed by atoms with Crippen molar-refractivity contribution in [2.24, 2.45) is 5.73 Å². The van der Waals surface area contributed by atoms with Gasteiger partial charge in [-0.05, 0) is 24.6 Å². The molecule has 1 atom stereocenters. The first-order chi connectivity index (χ1) is 12.9. The molecule has 144 valence electrons. The van der Waals surface area contributed by atoms with Crippen molar-refractivity contribution in [3.63, 3.8) is 0 Å². The van der Waals surface area contributed by atoms with Crippen LogP contribution in [0.3, 0.4) is 0 Å². The summed E-state index contributed by atoms with van der Waals surface area (Å²) >= 11 is 0. The number of hydrogen-bond donors (Lipinski definition) is 1. The summed E-state index contributed by atoms with van der Waals surface area (Å²) in [6, 6.07) is 12.7. The van der Waals surface area contributed by atoms with E-state index in [1.54, 1.807) is 24.1 Å². The molecule has 2 N–H and O–H groups in total. The molecule has 0 aromatic heterocycles. The molecule has 0 heterocycles. The second-order valence-electron chi connectivity index (χ2n) is 5.97. The number of benzene rings is 2. The second kappa shape index (κ2) is 8.93. The number of rotatable bonds is 8. The minimum Gasteiger partial charge on any atom is -0.493 e. The summed E-state index contributed by atoms with van der Waals surface area (Å²) in [4.78, 5) is 25.6. The van der Waals surface area contributed by atoms with Gasteiger partial charge in [0.25, 0.3) is 11.8 Å². The van der Waals surface area contributed by atoms with Gasteiger partial charge in [-0.1, -0.05) is 30.3 Å². The lowest BCUT2D eigenvalue weighted by Gasteiger charge is -2.26. The van der Waals surface area contributed by atoms with E-state index in [0.717, 1.165) is 5.56 Å². The van der Waals surface area contributed by atoms with Crippen LogP contribution >= 0.6 is 0 Å². The summed E-state index contributed by atoms with van der Waals surface area (Å²) in [5.41, 5.74) is 6.52. The molecule has 0 bridgehead atoms. The Morgan fingerprint density at radius 2 is 1.63 bits per heavy atom. The number of primary amides is 1. The minimum absolute atomic E-state index is 0.124. The van der Waals surface area contributed by atoms with Gasteiger partial charge in [0.2, 0.25) is 5.75 Å². The van der Waals surface area contributed by atoms with Gasteiger partial charge in [0.15, 0.2) is 18.1 Å². The molecule has 7 heteroatoms. The summed E-state index contributed by atoms with van der Waals surface area (Å²) < 4.78 is 16.0. The van der Waals surface area contributed by atoms with Gasteiger partial charge >= 0.3 is 0 Å². The number of carbonyl (C=O) groups excluding carboxylic acids is 2. The third-order valence-electron chi connectivity index (χ3n) is 4.25. The van der Waals surface area contributed by atoms with E-state index >= 15 is 0 Å². The Morgan fingerprint density at radius 1 is 1.07 bits per heavy atom. The van der Waals surface area contributed by atoms with Crippen LogP contribution in [0.1, 0.15) is 28.9 Å². The van der Waals surface area contributed by atoms with Gasteiger partial charge in [-0.25, -0.2) is 0 Å². The predicted octanol–water partition coefficient (Wildman–Crippen LogP) is 2.40. The molecule has 0 spiro atoms. The lowest BCUT2D eigenvalue weighted by molar-refractivity contribution is -0.120. The molecule has 0 fully saturated rings. The van der Waals surface area contributed by atoms with Gasteiger partial charge in [0.05, 0.1) is 20.3 Å². The molecule has 0 saturated heterocycles. The van der Waals surface area contributed by atoms with Crippen LogP contribution in [-0.2, 0) is 4.79 Å². The maximum absolute atomic E-state index is 13.0. The first-order valence-corrected chi connectivity index (χ1v) is 8.38. The molecule has 0 aliphatic carbocycles. The predicted molar refractivity (Wildman–Crippen MR) is 101 cm³/mol. The third kappa shape index (κ3) is 4.69. The van der Waals surface area contributed by atoms with Gasteiger partial charge in [-0.3, -0.25) is 9.59 Å². The number of nitrogens with zero attached hydrogens (tertiary/aromatic N) is 1. The van der Waals surface area contributed by atoms with Gasteiger partial charge in [0, 0.05) is 12.6 Å². The fourth-order valence-electron chi connectivity index (χ4n) is 2.62. The fraction of sp³-hybridized carbons (Fsp3) is 0.300. The molecule has 7 nitrogen and oxygen atoms in total. The number of methoxy groups -OCH3 is 2. The molecule has 0 saturated carbocycles. The average molecular weight is 372 g/mol. The molecule has 27 heavy (non-hydrogen) atoms. The lowest BCUT2D eigenvalue weighted by atomic mass is 10.1. The van der Waals surface area contributed by atoms with Crippen molar-refractivity contribution in [1.29, 1.82) is 0 Å². The number of carbonyl (C=O) groups is 2. The lowest BCUT2D eigenvalue weighted by Crippen LogP contribution is -2.29. The Bertz CT molecular complexity index is 782. The zero-order valence-electron chi connectivity index (χ0n) is 15.9. The third-order valence-corrected chi connectivity index (χ3v) is 4.25. The number of ether oxygens (including phenoxy) is 3. The van der Waals surface area contributed by atoms with Gasteiger partial charge < -0.3 is 24.8 Å². The van der Waals surface area contributed by atoms with E-state index in [1.165, 1.54) is 14.2 Å². The molecule has 0 aliphatic heterocycles. The first kappa shape index (κ1) is 20.1. The molecule has 0 unspecified atom stereocenters. The van der Waals surface area contributed by atoms with Crippen LogP contribution in [0.25, 0.3) is 0 Å². The summed E-state index contributed by atoms with van der Waals surface area (Å²) in [7, 11) is 4.61. The van der Waals surface area contributed by atoms with Crippen LogP contribution in [0.2, 0.25) is 0 Å². The van der Waals surface area contributed by atoms with Crippen molar-refractivity contribution >= 4 is 11.8 Å². The van der Waals surface area contributed by atoms with E-state index in [0.29, 0.717) is 5.56 Å². The molecule has 2 amide bonds. The smallest absolute Gasteiger partial charge is 0.255 e. The van der Waals surface area contributed by atoms with Crippen molar-refractivity contribution < 1.29 is 23.8 Å². The topological polar surface area (TPSA) is 91.1 Å². The van der Waals surface area contributed by atoms with Crippen molar-refractivity contribution in [3.8, 4) is 17.2 Å². The summed E-state index contributed by atoms with van der Waals surface area (Å²) in [6.45, 7) is 1.62. The van der Waals surface area contributed by atoms with Gasteiger partial charge in [-0.2, -0.15) is 0 Å². The quantitative estimate of drug-likeness (QED) is 0.768. The monoisotopic (exact) mass is 372 g/mol. The standard InChI is InChI=1S/C20H24N2O5/c1-13(14-8-6-5-7-9-14)22(2)20(24)15-10-16(25-3)19(17(11-15)26-4)27-12-18(21)23/h5-11,13H,12H2,1-4H3,(H2,21,23)/t13-/m1/s1. The molecule has 2 rings (SSSR count).